The van der Waals surface area contributed by atoms with Crippen molar-refractivity contribution in [3.05, 3.63) is 0 Å². The highest BCUT2D eigenvalue weighted by molar-refractivity contribution is 5.86. The normalized spacial score (nSPS) is 22.1. The summed E-state index contributed by atoms with van der Waals surface area (Å²) < 4.78 is 4.91. The van der Waals surface area contributed by atoms with Gasteiger partial charge in [0.05, 0.1) is 11.1 Å². The van der Waals surface area contributed by atoms with E-state index in [9.17, 15) is 9.90 Å². The van der Waals surface area contributed by atoms with Crippen molar-refractivity contribution in [3.63, 3.8) is 0 Å². The highest BCUT2D eigenvalue weighted by Gasteiger charge is 2.37. The van der Waals surface area contributed by atoms with E-state index in [1.54, 1.807) is 14.0 Å². The molecule has 0 aromatic heterocycles. The second-order valence-electron chi connectivity index (χ2n) is 5.29. The Morgan fingerprint density at radius 1 is 1.53 bits per heavy atom. The van der Waals surface area contributed by atoms with Crippen molar-refractivity contribution >= 4 is 5.91 Å². The number of nitrogens with one attached hydrogen (secondary N) is 1. The summed E-state index contributed by atoms with van der Waals surface area (Å²) in [7, 11) is 1.59. The van der Waals surface area contributed by atoms with Gasteiger partial charge in [0.2, 0.25) is 5.91 Å². The van der Waals surface area contributed by atoms with Crippen LogP contribution in [0.25, 0.3) is 0 Å². The Bertz CT molecular complexity index is 260. The first-order chi connectivity index (χ1) is 7.90. The number of aliphatic hydroxyl groups is 1. The van der Waals surface area contributed by atoms with Gasteiger partial charge in [-0.15, -0.1) is 0 Å². The predicted molar refractivity (Wildman–Crippen MR) is 65.5 cm³/mol. The number of carbonyl (C=O) groups is 1. The van der Waals surface area contributed by atoms with E-state index < -0.39 is 11.1 Å². The second kappa shape index (κ2) is 5.80. The Hall–Kier alpha value is -0.650. The summed E-state index contributed by atoms with van der Waals surface area (Å²) >= 11 is 0. The van der Waals surface area contributed by atoms with Gasteiger partial charge in [-0.2, -0.15) is 0 Å². The van der Waals surface area contributed by atoms with Crippen LogP contribution in [-0.4, -0.2) is 42.4 Å². The molecule has 1 fully saturated rings. The van der Waals surface area contributed by atoms with Crippen LogP contribution in [0.2, 0.25) is 0 Å². The van der Waals surface area contributed by atoms with Crippen LogP contribution >= 0.6 is 0 Å². The van der Waals surface area contributed by atoms with Crippen LogP contribution in [0.5, 0.6) is 0 Å². The zero-order valence-electron chi connectivity index (χ0n) is 10.8. The van der Waals surface area contributed by atoms with Gasteiger partial charge >= 0.3 is 0 Å². The van der Waals surface area contributed by atoms with Gasteiger partial charge in [0.25, 0.3) is 0 Å². The molecule has 0 aromatic rings. The van der Waals surface area contributed by atoms with Crippen molar-refractivity contribution < 1.29 is 14.6 Å². The molecule has 0 aliphatic heterocycles. The summed E-state index contributed by atoms with van der Waals surface area (Å²) in [4.78, 5) is 11.9. The molecule has 1 atom stereocenters. The van der Waals surface area contributed by atoms with E-state index in [-0.39, 0.29) is 12.5 Å². The first kappa shape index (κ1) is 14.4. The van der Waals surface area contributed by atoms with Gasteiger partial charge in [-0.3, -0.25) is 4.79 Å². The van der Waals surface area contributed by atoms with Crippen LogP contribution in [0.3, 0.4) is 0 Å². The van der Waals surface area contributed by atoms with Gasteiger partial charge in [0.1, 0.15) is 0 Å². The molecular weight excluding hydrogens is 220 g/mol. The van der Waals surface area contributed by atoms with Crippen molar-refractivity contribution in [1.82, 2.24) is 5.32 Å². The fraction of sp³-hybridized carbons (Fsp3) is 0.917. The molecule has 1 rings (SSSR count). The standard InChI is InChI=1S/C12H24N2O3/c1-11(16,7-8-17-2)9-14-10(15)12(13)5-3-4-6-12/h16H,3-9,13H2,1-2H3,(H,14,15). The molecule has 0 spiro atoms. The van der Waals surface area contributed by atoms with Gasteiger partial charge in [-0.25, -0.2) is 0 Å². The monoisotopic (exact) mass is 244 g/mol. The molecular formula is C12H24N2O3. The maximum atomic E-state index is 11.9. The molecule has 1 aliphatic rings. The Labute approximate surface area is 103 Å². The van der Waals surface area contributed by atoms with Crippen molar-refractivity contribution in [2.45, 2.75) is 50.2 Å². The topological polar surface area (TPSA) is 84.6 Å². The number of methoxy groups -OCH3 is 1. The number of hydrogen-bond acceptors (Lipinski definition) is 4. The van der Waals surface area contributed by atoms with Crippen LogP contribution in [-0.2, 0) is 9.53 Å². The number of nitrogens with two attached hydrogens (primary N) is 1. The molecule has 0 heterocycles. The fourth-order valence-electron chi connectivity index (χ4n) is 2.09. The average Bonchev–Trinajstić information content (AvgIpc) is 2.72. The molecule has 0 radical (unpaired) electrons. The second-order valence-corrected chi connectivity index (χ2v) is 5.29. The number of carbonyl (C=O) groups excluding carboxylic acids is 1. The van der Waals surface area contributed by atoms with E-state index in [4.69, 9.17) is 10.5 Å². The summed E-state index contributed by atoms with van der Waals surface area (Å²) in [5, 5.41) is 12.7. The van der Waals surface area contributed by atoms with E-state index in [1.165, 1.54) is 0 Å². The number of ether oxygens (including phenoxy) is 1. The van der Waals surface area contributed by atoms with Crippen LogP contribution in [0.4, 0.5) is 0 Å². The molecule has 0 bridgehead atoms. The molecule has 1 amide bonds. The maximum absolute atomic E-state index is 11.9. The van der Waals surface area contributed by atoms with Crippen LogP contribution < -0.4 is 11.1 Å². The molecule has 0 saturated heterocycles. The first-order valence-corrected chi connectivity index (χ1v) is 6.18. The number of hydrogen-bond donors (Lipinski definition) is 3. The number of rotatable bonds is 6. The average molecular weight is 244 g/mol. The van der Waals surface area contributed by atoms with E-state index in [1.807, 2.05) is 0 Å². The zero-order valence-corrected chi connectivity index (χ0v) is 10.8. The highest BCUT2D eigenvalue weighted by atomic mass is 16.5. The maximum Gasteiger partial charge on any atom is 0.240 e. The Morgan fingerprint density at radius 2 is 2.12 bits per heavy atom. The zero-order chi connectivity index (χ0) is 12.9. The van der Waals surface area contributed by atoms with Crippen LogP contribution in [0.1, 0.15) is 39.0 Å². The third kappa shape index (κ3) is 4.26. The van der Waals surface area contributed by atoms with E-state index in [0.29, 0.717) is 13.0 Å². The Balaban J connectivity index is 2.36. The lowest BCUT2D eigenvalue weighted by molar-refractivity contribution is -0.127. The highest BCUT2D eigenvalue weighted by Crippen LogP contribution is 2.27. The smallest absolute Gasteiger partial charge is 0.240 e. The van der Waals surface area contributed by atoms with Gasteiger partial charge in [-0.1, -0.05) is 12.8 Å². The summed E-state index contributed by atoms with van der Waals surface area (Å²) in [5.41, 5.74) is 4.35. The summed E-state index contributed by atoms with van der Waals surface area (Å²) in [6.07, 6.45) is 3.97. The van der Waals surface area contributed by atoms with E-state index >= 15 is 0 Å². The quantitative estimate of drug-likeness (QED) is 0.621. The van der Waals surface area contributed by atoms with Gasteiger partial charge in [-0.05, 0) is 19.8 Å². The molecule has 1 saturated carbocycles. The van der Waals surface area contributed by atoms with E-state index in [2.05, 4.69) is 5.32 Å². The van der Waals surface area contributed by atoms with Gasteiger partial charge in [0, 0.05) is 26.7 Å². The molecule has 1 aliphatic carbocycles. The van der Waals surface area contributed by atoms with Crippen molar-refractivity contribution in [1.29, 1.82) is 0 Å². The lowest BCUT2D eigenvalue weighted by Gasteiger charge is -2.27. The molecule has 0 aromatic carbocycles. The lowest BCUT2D eigenvalue weighted by atomic mass is 9.97. The predicted octanol–water partition coefficient (Wildman–Crippen LogP) is 0.162. The molecule has 1 unspecified atom stereocenters. The molecule has 5 heteroatoms. The summed E-state index contributed by atoms with van der Waals surface area (Å²) in [5.74, 6) is -0.146. The molecule has 5 nitrogen and oxygen atoms in total. The van der Waals surface area contributed by atoms with Crippen molar-refractivity contribution in [2.75, 3.05) is 20.3 Å². The van der Waals surface area contributed by atoms with Crippen molar-refractivity contribution in [3.8, 4) is 0 Å². The molecule has 100 valence electrons. The minimum atomic E-state index is -0.944. The first-order valence-electron chi connectivity index (χ1n) is 6.18. The third-order valence-corrected chi connectivity index (χ3v) is 3.42. The SMILES string of the molecule is COCCC(C)(O)CNC(=O)C1(N)CCCC1. The summed E-state index contributed by atoms with van der Waals surface area (Å²) in [6, 6.07) is 0. The minimum absolute atomic E-state index is 0.146. The minimum Gasteiger partial charge on any atom is -0.388 e. The van der Waals surface area contributed by atoms with Crippen molar-refractivity contribution in [2.24, 2.45) is 5.73 Å². The number of amides is 1. The van der Waals surface area contributed by atoms with Crippen LogP contribution in [0.15, 0.2) is 0 Å². The molecule has 4 N–H and O–H groups in total. The largest absolute Gasteiger partial charge is 0.388 e. The fourth-order valence-corrected chi connectivity index (χ4v) is 2.09. The van der Waals surface area contributed by atoms with Crippen LogP contribution in [0, 0.1) is 0 Å². The Kier molecular flexibility index (Phi) is 4.91. The summed E-state index contributed by atoms with van der Waals surface area (Å²) in [6.45, 7) is 2.37. The molecule has 17 heavy (non-hydrogen) atoms. The Morgan fingerprint density at radius 3 is 2.65 bits per heavy atom. The lowest BCUT2D eigenvalue weighted by Crippen LogP contribution is -2.54. The van der Waals surface area contributed by atoms with Gasteiger partial charge < -0.3 is 20.9 Å². The van der Waals surface area contributed by atoms with E-state index in [0.717, 1.165) is 25.7 Å². The third-order valence-electron chi connectivity index (χ3n) is 3.42. The van der Waals surface area contributed by atoms with Gasteiger partial charge in [0.15, 0.2) is 0 Å².